The van der Waals surface area contributed by atoms with E-state index in [4.69, 9.17) is 15.6 Å². The van der Waals surface area contributed by atoms with Crippen LogP contribution in [-0.2, 0) is 15.6 Å². The summed E-state index contributed by atoms with van der Waals surface area (Å²) in [6.07, 6.45) is 0. The van der Waals surface area contributed by atoms with Crippen molar-refractivity contribution in [3.63, 3.8) is 0 Å². The Kier molecular flexibility index (Phi) is 2.62. The van der Waals surface area contributed by atoms with E-state index < -0.39 is 22.0 Å². The van der Waals surface area contributed by atoms with Crippen LogP contribution in [0, 0.1) is 5.41 Å². The molecule has 0 aromatic rings. The molecular formula is C6H10IO4-. The maximum atomic E-state index is 5.29. The van der Waals surface area contributed by atoms with Gasteiger partial charge in [-0.05, 0) is 0 Å². The molecule has 2 heterocycles. The van der Waals surface area contributed by atoms with E-state index in [2.05, 4.69) is 0 Å². The Morgan fingerprint density at radius 3 is 2.18 bits per heavy atom. The average Bonchev–Trinajstić information content (AvgIpc) is 2.07. The van der Waals surface area contributed by atoms with Crippen molar-refractivity contribution in [1.29, 1.82) is 0 Å². The third-order valence-corrected chi connectivity index (χ3v) is 2.93. The van der Waals surface area contributed by atoms with Crippen molar-refractivity contribution in [3.8, 4) is 0 Å². The van der Waals surface area contributed by atoms with Crippen molar-refractivity contribution in [1.82, 2.24) is 0 Å². The first-order valence-electron chi connectivity index (χ1n) is 3.45. The minimum absolute atomic E-state index is 0.00375. The van der Waals surface area contributed by atoms with Crippen molar-refractivity contribution in [2.45, 2.75) is 0 Å². The summed E-state index contributed by atoms with van der Waals surface area (Å²) in [4.78, 5) is 0. The van der Waals surface area contributed by atoms with Gasteiger partial charge in [0.05, 0.1) is 0 Å². The van der Waals surface area contributed by atoms with E-state index >= 15 is 0 Å². The molecule has 0 N–H and O–H groups in total. The van der Waals surface area contributed by atoms with Gasteiger partial charge in [0.1, 0.15) is 0 Å². The summed E-state index contributed by atoms with van der Waals surface area (Å²) in [6.45, 7) is 3.30. The van der Waals surface area contributed by atoms with Gasteiger partial charge in [0, 0.05) is 0 Å². The molecule has 66 valence electrons. The Hall–Kier alpha value is 0.570. The molecular weight excluding hydrogens is 263 g/mol. The predicted molar refractivity (Wildman–Crippen MR) is 31.1 cm³/mol. The average molecular weight is 273 g/mol. The van der Waals surface area contributed by atoms with Gasteiger partial charge >= 0.3 is 76.3 Å². The van der Waals surface area contributed by atoms with Gasteiger partial charge in [-0.15, -0.1) is 0 Å². The fourth-order valence-electron chi connectivity index (χ4n) is 1.13. The third-order valence-electron chi connectivity index (χ3n) is 1.79. The molecule has 0 atom stereocenters. The molecule has 2 fully saturated rings. The molecule has 0 radical (unpaired) electrons. The van der Waals surface area contributed by atoms with Gasteiger partial charge in [-0.2, -0.15) is 0 Å². The van der Waals surface area contributed by atoms with Crippen LogP contribution in [0.5, 0.6) is 0 Å². The van der Waals surface area contributed by atoms with Gasteiger partial charge in [-0.25, -0.2) is 0 Å². The molecule has 0 unspecified atom stereocenters. The first kappa shape index (κ1) is 8.18. The van der Waals surface area contributed by atoms with E-state index in [-0.39, 0.29) is 5.41 Å². The normalized spacial score (nSPS) is 31.3. The Morgan fingerprint density at radius 1 is 0.909 bits per heavy atom. The van der Waals surface area contributed by atoms with Crippen LogP contribution in [0.4, 0.5) is 0 Å². The summed E-state index contributed by atoms with van der Waals surface area (Å²) in [5.41, 5.74) is -0.00375. The monoisotopic (exact) mass is 273 g/mol. The molecule has 0 aromatic carbocycles. The second-order valence-electron chi connectivity index (χ2n) is 2.88. The molecule has 2 aliphatic heterocycles. The summed E-state index contributed by atoms with van der Waals surface area (Å²) in [6, 6.07) is 0. The minimum atomic E-state index is -0.449. The zero-order valence-corrected chi connectivity index (χ0v) is 8.20. The third kappa shape index (κ3) is 1.83. The van der Waals surface area contributed by atoms with Crippen LogP contribution in [0.15, 0.2) is 0 Å². The van der Waals surface area contributed by atoms with Crippen LogP contribution < -0.4 is 22.0 Å². The van der Waals surface area contributed by atoms with Crippen LogP contribution >= 0.6 is 0 Å². The summed E-state index contributed by atoms with van der Waals surface area (Å²) < 4.78 is 21.0. The van der Waals surface area contributed by atoms with E-state index in [1.807, 2.05) is 0 Å². The molecule has 0 aromatic heterocycles. The van der Waals surface area contributed by atoms with Crippen LogP contribution in [0.3, 0.4) is 0 Å². The first-order chi connectivity index (χ1) is 5.41. The molecule has 2 rings (SSSR count). The van der Waals surface area contributed by atoms with E-state index in [1.165, 1.54) is 0 Å². The van der Waals surface area contributed by atoms with E-state index in [1.54, 1.807) is 0 Å². The molecule has 4 nitrogen and oxygen atoms in total. The number of hydrogen-bond donors (Lipinski definition) is 0. The predicted octanol–water partition coefficient (Wildman–Crippen LogP) is -3.06. The summed E-state index contributed by atoms with van der Waals surface area (Å²) >= 11 is -0.449. The van der Waals surface area contributed by atoms with Crippen molar-refractivity contribution >= 4 is 0 Å². The molecule has 2 saturated heterocycles. The standard InChI is InChI=1S/C6H10IO4/c1-6(2-9-5-8-1)3-10-7-11-4-6/h1-5H2/q-1. The zero-order chi connectivity index (χ0) is 7.57. The second kappa shape index (κ2) is 3.53. The van der Waals surface area contributed by atoms with Crippen LogP contribution in [-0.4, -0.2) is 33.2 Å². The topological polar surface area (TPSA) is 36.9 Å². The van der Waals surface area contributed by atoms with Gasteiger partial charge in [-0.3, -0.25) is 0 Å². The van der Waals surface area contributed by atoms with Crippen LogP contribution in [0.1, 0.15) is 0 Å². The molecule has 0 saturated carbocycles. The summed E-state index contributed by atoms with van der Waals surface area (Å²) in [5.74, 6) is 0. The van der Waals surface area contributed by atoms with Crippen LogP contribution in [0.2, 0.25) is 0 Å². The maximum absolute atomic E-state index is 5.29. The SMILES string of the molecule is C1OCC2(CO1)CO[I-]OC2. The Bertz CT molecular complexity index is 109. The van der Waals surface area contributed by atoms with Gasteiger partial charge in [0.15, 0.2) is 0 Å². The van der Waals surface area contributed by atoms with E-state index in [9.17, 15) is 0 Å². The van der Waals surface area contributed by atoms with Crippen molar-refractivity contribution in [3.05, 3.63) is 0 Å². The van der Waals surface area contributed by atoms with E-state index in [0.717, 1.165) is 13.2 Å². The Morgan fingerprint density at radius 2 is 1.55 bits per heavy atom. The van der Waals surface area contributed by atoms with Gasteiger partial charge in [-0.1, -0.05) is 0 Å². The zero-order valence-electron chi connectivity index (χ0n) is 6.05. The second-order valence-corrected chi connectivity index (χ2v) is 4.49. The van der Waals surface area contributed by atoms with Crippen molar-refractivity contribution < 1.29 is 37.6 Å². The number of hydrogen-bond acceptors (Lipinski definition) is 4. The summed E-state index contributed by atoms with van der Waals surface area (Å²) in [5, 5.41) is 0. The van der Waals surface area contributed by atoms with E-state index in [0.29, 0.717) is 20.0 Å². The fourth-order valence-corrected chi connectivity index (χ4v) is 2.89. The van der Waals surface area contributed by atoms with Crippen molar-refractivity contribution in [2.75, 3.05) is 33.2 Å². The molecule has 11 heavy (non-hydrogen) atoms. The molecule has 0 bridgehead atoms. The number of rotatable bonds is 0. The fraction of sp³-hybridized carbons (Fsp3) is 1.00. The molecule has 0 aliphatic carbocycles. The van der Waals surface area contributed by atoms with Gasteiger partial charge in [0.2, 0.25) is 0 Å². The number of halogens is 1. The Labute approximate surface area is 76.5 Å². The molecule has 5 heteroatoms. The molecule has 2 aliphatic rings. The molecule has 0 amide bonds. The molecule has 1 spiro atoms. The Balaban J connectivity index is 1.94. The van der Waals surface area contributed by atoms with Crippen molar-refractivity contribution in [2.24, 2.45) is 5.41 Å². The van der Waals surface area contributed by atoms with Gasteiger partial charge < -0.3 is 0 Å². The summed E-state index contributed by atoms with van der Waals surface area (Å²) in [7, 11) is 0. The number of ether oxygens (including phenoxy) is 2. The first-order valence-corrected chi connectivity index (χ1v) is 5.22. The van der Waals surface area contributed by atoms with Crippen LogP contribution in [0.25, 0.3) is 0 Å². The quantitative estimate of drug-likeness (QED) is 0.439. The van der Waals surface area contributed by atoms with Gasteiger partial charge in [0.25, 0.3) is 0 Å².